The summed E-state index contributed by atoms with van der Waals surface area (Å²) in [5.74, 6) is -0.915. The molecule has 8 heteroatoms. The van der Waals surface area contributed by atoms with E-state index in [2.05, 4.69) is 10.3 Å². The highest BCUT2D eigenvalue weighted by Gasteiger charge is 2.45. The van der Waals surface area contributed by atoms with E-state index in [0.29, 0.717) is 30.5 Å². The molecule has 0 spiro atoms. The Morgan fingerprint density at radius 3 is 2.55 bits per heavy atom. The van der Waals surface area contributed by atoms with Crippen molar-refractivity contribution in [2.24, 2.45) is 5.92 Å². The van der Waals surface area contributed by atoms with Crippen LogP contribution in [0.1, 0.15) is 68.3 Å². The van der Waals surface area contributed by atoms with Gasteiger partial charge in [0.05, 0.1) is 0 Å². The van der Waals surface area contributed by atoms with Gasteiger partial charge < -0.3 is 15.2 Å². The molecule has 7 nitrogen and oxygen atoms in total. The molecule has 3 aliphatic rings. The van der Waals surface area contributed by atoms with Gasteiger partial charge in [0.2, 0.25) is 5.75 Å². The van der Waals surface area contributed by atoms with Crippen LogP contribution in [-0.4, -0.2) is 27.2 Å². The summed E-state index contributed by atoms with van der Waals surface area (Å²) in [6, 6.07) is 5.71. The minimum atomic E-state index is -0.708. The monoisotopic (exact) mass is 431 g/mol. The Morgan fingerprint density at radius 1 is 1.29 bits per heavy atom. The Kier molecular flexibility index (Phi) is 7.10. The second-order valence-electron chi connectivity index (χ2n) is 7.73. The van der Waals surface area contributed by atoms with Crippen LogP contribution in [0, 0.1) is 11.7 Å². The van der Waals surface area contributed by atoms with Gasteiger partial charge in [0.1, 0.15) is 17.2 Å². The van der Waals surface area contributed by atoms with Crippen molar-refractivity contribution in [3.8, 4) is 5.75 Å². The van der Waals surface area contributed by atoms with E-state index < -0.39 is 22.8 Å². The molecule has 168 valence electrons. The highest BCUT2D eigenvalue weighted by molar-refractivity contribution is 5.94. The molecule has 1 aliphatic carbocycles. The largest absolute Gasteiger partial charge is 0.501 e. The maximum atomic E-state index is 13.0. The van der Waals surface area contributed by atoms with Crippen molar-refractivity contribution >= 4 is 5.91 Å². The zero-order valence-electron chi connectivity index (χ0n) is 18.3. The van der Waals surface area contributed by atoms with Crippen LogP contribution in [0.3, 0.4) is 0 Å². The highest BCUT2D eigenvalue weighted by atomic mass is 19.1. The van der Waals surface area contributed by atoms with Crippen molar-refractivity contribution in [1.82, 2.24) is 14.9 Å². The fourth-order valence-electron chi connectivity index (χ4n) is 4.38. The van der Waals surface area contributed by atoms with Gasteiger partial charge in [-0.1, -0.05) is 26.0 Å². The van der Waals surface area contributed by atoms with Gasteiger partial charge in [-0.2, -0.15) is 0 Å². The molecule has 0 atom stereocenters. The standard InChI is InChI=1S/C21H24FN3O4.C2H6/c1-2-29-21-9-7-14(8-10-21)12-25-19(28)17(26)16(24-20(21)25)18(27)23-11-13-3-5-15(22)6-4-13;1-2/h3-6,14,26H,2,7-12H2,1H3,(H,23,27);1-2H3. The number of amides is 1. The Balaban J connectivity index is 0.00000132. The lowest BCUT2D eigenvalue weighted by molar-refractivity contribution is -0.0790. The van der Waals surface area contributed by atoms with Gasteiger partial charge in [0.15, 0.2) is 5.69 Å². The number of carbonyl (C=O) groups is 1. The van der Waals surface area contributed by atoms with Gasteiger partial charge in [-0.25, -0.2) is 9.37 Å². The first kappa shape index (κ1) is 22.9. The van der Waals surface area contributed by atoms with E-state index in [1.165, 1.54) is 16.7 Å². The van der Waals surface area contributed by atoms with Crippen LogP contribution in [0.4, 0.5) is 4.39 Å². The molecule has 0 radical (unpaired) electrons. The van der Waals surface area contributed by atoms with Gasteiger partial charge in [-0.3, -0.25) is 14.2 Å². The number of benzene rings is 1. The SMILES string of the molecule is CC.CCOC12CCC(CC1)Cn1c2nc(C(=O)NCc2ccc(F)cc2)c(O)c1=O. The number of fused-ring (bicyclic) bond motifs is 2. The summed E-state index contributed by atoms with van der Waals surface area (Å²) >= 11 is 0. The van der Waals surface area contributed by atoms with Crippen LogP contribution in [0.2, 0.25) is 0 Å². The molecule has 1 fully saturated rings. The molecule has 31 heavy (non-hydrogen) atoms. The molecule has 1 aromatic heterocycles. The Hall–Kier alpha value is -2.74. The van der Waals surface area contributed by atoms with Gasteiger partial charge in [0, 0.05) is 19.7 Å². The average molecular weight is 432 g/mol. The molecule has 2 bridgehead atoms. The molecular weight excluding hydrogens is 401 g/mol. The van der Waals surface area contributed by atoms with Crippen LogP contribution in [0.5, 0.6) is 5.75 Å². The number of hydrogen-bond donors (Lipinski definition) is 2. The number of ether oxygens (including phenoxy) is 1. The molecule has 3 heterocycles. The van der Waals surface area contributed by atoms with Crippen molar-refractivity contribution in [2.75, 3.05) is 6.61 Å². The van der Waals surface area contributed by atoms with E-state index in [1.807, 2.05) is 20.8 Å². The van der Waals surface area contributed by atoms with Crippen LogP contribution in [0.25, 0.3) is 0 Å². The molecule has 1 amide bonds. The van der Waals surface area contributed by atoms with Gasteiger partial charge in [-0.05, 0) is 56.2 Å². The van der Waals surface area contributed by atoms with Crippen LogP contribution < -0.4 is 10.9 Å². The third kappa shape index (κ3) is 4.49. The molecule has 2 aromatic rings. The van der Waals surface area contributed by atoms with Gasteiger partial charge >= 0.3 is 0 Å². The molecule has 0 saturated heterocycles. The van der Waals surface area contributed by atoms with Crippen LogP contribution >= 0.6 is 0 Å². The molecule has 1 aromatic carbocycles. The predicted molar refractivity (Wildman–Crippen MR) is 114 cm³/mol. The first-order chi connectivity index (χ1) is 14.9. The minimum absolute atomic E-state index is 0.122. The van der Waals surface area contributed by atoms with E-state index >= 15 is 0 Å². The van der Waals surface area contributed by atoms with Crippen LogP contribution in [-0.2, 0) is 23.4 Å². The summed E-state index contributed by atoms with van der Waals surface area (Å²) in [4.78, 5) is 30.0. The number of nitrogens with one attached hydrogen (secondary N) is 1. The lowest BCUT2D eigenvalue weighted by atomic mass is 9.80. The molecule has 2 aliphatic heterocycles. The quantitative estimate of drug-likeness (QED) is 0.756. The number of rotatable bonds is 5. The maximum absolute atomic E-state index is 13.0. The average Bonchev–Trinajstić information content (AvgIpc) is 3.03. The summed E-state index contributed by atoms with van der Waals surface area (Å²) in [6.45, 7) is 6.96. The van der Waals surface area contributed by atoms with E-state index in [0.717, 1.165) is 25.7 Å². The number of nitrogens with zero attached hydrogens (tertiary/aromatic N) is 2. The number of halogens is 1. The number of hydrogen-bond acceptors (Lipinski definition) is 5. The van der Waals surface area contributed by atoms with Gasteiger partial charge in [0.25, 0.3) is 11.5 Å². The maximum Gasteiger partial charge on any atom is 0.296 e. The molecule has 0 unspecified atom stereocenters. The Bertz CT molecular complexity index is 980. The Morgan fingerprint density at radius 2 is 1.94 bits per heavy atom. The number of carbonyl (C=O) groups excluding carboxylic acids is 1. The lowest BCUT2D eigenvalue weighted by Crippen LogP contribution is -2.39. The summed E-state index contributed by atoms with van der Waals surface area (Å²) in [5.41, 5.74) is -0.927. The van der Waals surface area contributed by atoms with Crippen molar-refractivity contribution in [3.05, 3.63) is 57.5 Å². The first-order valence-electron chi connectivity index (χ1n) is 10.9. The molecule has 5 rings (SSSR count). The summed E-state index contributed by atoms with van der Waals surface area (Å²) in [6.07, 6.45) is 3.30. The van der Waals surface area contributed by atoms with E-state index in [4.69, 9.17) is 4.74 Å². The predicted octanol–water partition coefficient (Wildman–Crippen LogP) is 3.48. The normalized spacial score (nSPS) is 21.5. The number of aromatic hydroxyl groups is 1. The fourth-order valence-corrected chi connectivity index (χ4v) is 4.38. The van der Waals surface area contributed by atoms with Crippen LogP contribution in [0.15, 0.2) is 29.1 Å². The van der Waals surface area contributed by atoms with Crippen molar-refractivity contribution < 1.29 is 19.0 Å². The Labute approximate surface area is 181 Å². The fraction of sp³-hybridized carbons (Fsp3) is 0.522. The summed E-state index contributed by atoms with van der Waals surface area (Å²) in [5, 5.41) is 13.0. The third-order valence-corrected chi connectivity index (χ3v) is 5.91. The second-order valence-corrected chi connectivity index (χ2v) is 7.73. The molecular formula is C23H30FN3O4. The topological polar surface area (TPSA) is 93.5 Å². The number of aromatic nitrogens is 2. The summed E-state index contributed by atoms with van der Waals surface area (Å²) < 4.78 is 20.6. The summed E-state index contributed by atoms with van der Waals surface area (Å²) in [7, 11) is 0. The molecule has 1 saturated carbocycles. The van der Waals surface area contributed by atoms with E-state index in [9.17, 15) is 19.1 Å². The third-order valence-electron chi connectivity index (χ3n) is 5.91. The van der Waals surface area contributed by atoms with Crippen molar-refractivity contribution in [3.63, 3.8) is 0 Å². The lowest BCUT2D eigenvalue weighted by Gasteiger charge is -2.35. The minimum Gasteiger partial charge on any atom is -0.501 e. The smallest absolute Gasteiger partial charge is 0.296 e. The zero-order chi connectivity index (χ0) is 22.6. The van der Waals surface area contributed by atoms with Crippen molar-refractivity contribution in [1.29, 1.82) is 0 Å². The highest BCUT2D eigenvalue weighted by Crippen LogP contribution is 2.45. The second kappa shape index (κ2) is 9.60. The zero-order valence-corrected chi connectivity index (χ0v) is 18.3. The van der Waals surface area contributed by atoms with E-state index in [1.54, 1.807) is 12.1 Å². The van der Waals surface area contributed by atoms with E-state index in [-0.39, 0.29) is 18.1 Å². The van der Waals surface area contributed by atoms with Gasteiger partial charge in [-0.15, -0.1) is 0 Å². The molecule has 2 N–H and O–H groups in total. The first-order valence-corrected chi connectivity index (χ1v) is 10.9. The van der Waals surface area contributed by atoms with Crippen molar-refractivity contribution in [2.45, 2.75) is 65.1 Å².